The molecule has 0 fully saturated rings. The zero-order valence-corrected chi connectivity index (χ0v) is 14.1. The van der Waals surface area contributed by atoms with Crippen molar-refractivity contribution in [3.63, 3.8) is 0 Å². The van der Waals surface area contributed by atoms with Crippen LogP contribution >= 0.6 is 7.82 Å². The molecule has 0 aliphatic rings. The Morgan fingerprint density at radius 1 is 1.12 bits per heavy atom. The summed E-state index contributed by atoms with van der Waals surface area (Å²) in [5.74, 6) is 0. The molecule has 0 aliphatic heterocycles. The Labute approximate surface area is 101 Å². The standard InChI is InChI=1S/C9H25O4PSi2/c1-7-8-9-16(5,6)13-14(10,11)12-15(2,3)4/h7-9H2,1-6H3,(H,10,11). The van der Waals surface area contributed by atoms with Gasteiger partial charge < -0.3 is 13.3 Å². The van der Waals surface area contributed by atoms with Gasteiger partial charge in [0.05, 0.1) is 0 Å². The molecule has 7 heteroatoms. The van der Waals surface area contributed by atoms with Crippen LogP contribution in [0, 0.1) is 0 Å². The maximum atomic E-state index is 11.8. The van der Waals surface area contributed by atoms with Gasteiger partial charge in [0.15, 0.2) is 8.32 Å². The number of hydrogen-bond donors (Lipinski definition) is 1. The van der Waals surface area contributed by atoms with E-state index in [1.54, 1.807) is 0 Å². The lowest BCUT2D eigenvalue weighted by Crippen LogP contribution is -2.32. The normalized spacial score (nSPS) is 17.2. The van der Waals surface area contributed by atoms with Gasteiger partial charge in [-0.15, -0.1) is 0 Å². The maximum Gasteiger partial charge on any atom is 0.452 e. The molecular weight excluding hydrogens is 259 g/mol. The summed E-state index contributed by atoms with van der Waals surface area (Å²) in [6.07, 6.45) is 2.11. The molecule has 4 nitrogen and oxygen atoms in total. The molecular formula is C9H25O4PSi2. The van der Waals surface area contributed by atoms with Gasteiger partial charge in [0.2, 0.25) is 8.32 Å². The Bertz CT molecular complexity index is 263. The van der Waals surface area contributed by atoms with Crippen LogP contribution in [0.4, 0.5) is 0 Å². The zero-order chi connectivity index (χ0) is 13.0. The van der Waals surface area contributed by atoms with Gasteiger partial charge >= 0.3 is 7.82 Å². The molecule has 0 saturated heterocycles. The van der Waals surface area contributed by atoms with Crippen LogP contribution in [0.5, 0.6) is 0 Å². The summed E-state index contributed by atoms with van der Waals surface area (Å²) in [4.78, 5) is 9.67. The molecule has 0 spiro atoms. The van der Waals surface area contributed by atoms with Crippen LogP contribution in [0.15, 0.2) is 0 Å². The zero-order valence-electron chi connectivity index (χ0n) is 11.2. The van der Waals surface area contributed by atoms with Gasteiger partial charge in [0.1, 0.15) is 0 Å². The van der Waals surface area contributed by atoms with Crippen molar-refractivity contribution in [1.82, 2.24) is 0 Å². The third-order valence-corrected chi connectivity index (χ3v) is 9.46. The summed E-state index contributed by atoms with van der Waals surface area (Å²) in [5.41, 5.74) is 0. The molecule has 0 saturated carbocycles. The van der Waals surface area contributed by atoms with Crippen LogP contribution in [0.3, 0.4) is 0 Å². The van der Waals surface area contributed by atoms with Crippen molar-refractivity contribution in [1.29, 1.82) is 0 Å². The SMILES string of the molecule is CCCC[Si](C)(C)OP(=O)(O)O[Si](C)(C)C. The van der Waals surface area contributed by atoms with Crippen molar-refractivity contribution in [3.05, 3.63) is 0 Å². The van der Waals surface area contributed by atoms with Gasteiger partial charge in [0, 0.05) is 0 Å². The molecule has 0 rings (SSSR count). The monoisotopic (exact) mass is 284 g/mol. The van der Waals surface area contributed by atoms with E-state index in [0.717, 1.165) is 18.9 Å². The molecule has 16 heavy (non-hydrogen) atoms. The van der Waals surface area contributed by atoms with E-state index in [1.807, 2.05) is 32.7 Å². The highest BCUT2D eigenvalue weighted by atomic mass is 31.2. The first kappa shape index (κ1) is 16.5. The highest BCUT2D eigenvalue weighted by molar-refractivity contribution is 7.51. The van der Waals surface area contributed by atoms with Gasteiger partial charge in [-0.1, -0.05) is 19.8 Å². The Morgan fingerprint density at radius 3 is 2.00 bits per heavy atom. The van der Waals surface area contributed by atoms with E-state index in [2.05, 4.69) is 6.92 Å². The van der Waals surface area contributed by atoms with Gasteiger partial charge in [0.25, 0.3) is 0 Å². The smallest absolute Gasteiger partial charge is 0.331 e. The van der Waals surface area contributed by atoms with Crippen molar-refractivity contribution in [3.8, 4) is 0 Å². The minimum absolute atomic E-state index is 0.892. The number of phosphoric acid groups is 1. The molecule has 0 aromatic rings. The van der Waals surface area contributed by atoms with Crippen LogP contribution in [-0.2, 0) is 13.0 Å². The Balaban J connectivity index is 4.40. The third-order valence-electron chi connectivity index (χ3n) is 1.88. The summed E-state index contributed by atoms with van der Waals surface area (Å²) in [6, 6.07) is 0.892. The fraction of sp³-hybridized carbons (Fsp3) is 1.00. The molecule has 98 valence electrons. The molecule has 1 unspecified atom stereocenters. The summed E-state index contributed by atoms with van der Waals surface area (Å²) < 4.78 is 22.4. The lowest BCUT2D eigenvalue weighted by molar-refractivity contribution is 0.285. The van der Waals surface area contributed by atoms with E-state index in [1.165, 1.54) is 0 Å². The highest BCUT2D eigenvalue weighted by Gasteiger charge is 2.37. The van der Waals surface area contributed by atoms with Crippen molar-refractivity contribution in [2.45, 2.75) is 58.5 Å². The van der Waals surface area contributed by atoms with Crippen LogP contribution < -0.4 is 0 Å². The molecule has 0 aromatic carbocycles. The number of unbranched alkanes of at least 4 members (excludes halogenated alkanes) is 1. The molecule has 1 atom stereocenters. The van der Waals surface area contributed by atoms with E-state index in [0.29, 0.717) is 0 Å². The average molecular weight is 284 g/mol. The van der Waals surface area contributed by atoms with Gasteiger partial charge in [-0.05, 0) is 38.8 Å². The highest BCUT2D eigenvalue weighted by Crippen LogP contribution is 2.49. The third kappa shape index (κ3) is 8.67. The fourth-order valence-corrected chi connectivity index (χ4v) is 8.65. The molecule has 0 bridgehead atoms. The molecule has 0 amide bonds. The second kappa shape index (κ2) is 5.93. The van der Waals surface area contributed by atoms with Gasteiger partial charge in [-0.3, -0.25) is 0 Å². The largest absolute Gasteiger partial charge is 0.452 e. The lowest BCUT2D eigenvalue weighted by Gasteiger charge is -2.28. The first-order chi connectivity index (χ1) is 6.97. The fourth-order valence-electron chi connectivity index (χ4n) is 1.33. The summed E-state index contributed by atoms with van der Waals surface area (Å²) in [7, 11) is -7.97. The predicted molar refractivity (Wildman–Crippen MR) is 72.5 cm³/mol. The molecule has 0 aliphatic carbocycles. The second-order valence-electron chi connectivity index (χ2n) is 5.63. The van der Waals surface area contributed by atoms with Gasteiger partial charge in [-0.25, -0.2) is 4.57 Å². The maximum absolute atomic E-state index is 11.8. The Morgan fingerprint density at radius 2 is 1.62 bits per heavy atom. The molecule has 0 aromatic heterocycles. The van der Waals surface area contributed by atoms with Crippen molar-refractivity contribution in [2.24, 2.45) is 0 Å². The number of rotatable bonds is 7. The second-order valence-corrected chi connectivity index (χ2v) is 16.3. The van der Waals surface area contributed by atoms with Gasteiger partial charge in [-0.2, -0.15) is 0 Å². The minimum atomic E-state index is -3.85. The minimum Gasteiger partial charge on any atom is -0.331 e. The molecule has 0 heterocycles. The van der Waals surface area contributed by atoms with Crippen LogP contribution in [0.1, 0.15) is 19.8 Å². The predicted octanol–water partition coefficient (Wildman–Crippen LogP) is 3.96. The average Bonchev–Trinajstić information content (AvgIpc) is 1.93. The van der Waals surface area contributed by atoms with E-state index in [9.17, 15) is 9.46 Å². The summed E-state index contributed by atoms with van der Waals surface area (Å²) >= 11 is 0. The van der Waals surface area contributed by atoms with E-state index in [4.69, 9.17) is 8.43 Å². The van der Waals surface area contributed by atoms with E-state index < -0.39 is 24.5 Å². The lowest BCUT2D eigenvalue weighted by atomic mass is 10.4. The topological polar surface area (TPSA) is 55.8 Å². The van der Waals surface area contributed by atoms with E-state index >= 15 is 0 Å². The quantitative estimate of drug-likeness (QED) is 0.568. The Kier molecular flexibility index (Phi) is 6.13. The Hall–Kier alpha value is 0.544. The first-order valence-corrected chi connectivity index (χ1v) is 13.7. The van der Waals surface area contributed by atoms with Crippen molar-refractivity contribution in [2.75, 3.05) is 0 Å². The van der Waals surface area contributed by atoms with E-state index in [-0.39, 0.29) is 0 Å². The van der Waals surface area contributed by atoms with Crippen LogP contribution in [-0.4, -0.2) is 21.5 Å². The summed E-state index contributed by atoms with van der Waals surface area (Å²) in [5, 5.41) is 0. The number of hydrogen-bond acceptors (Lipinski definition) is 3. The van der Waals surface area contributed by atoms with Crippen molar-refractivity contribution >= 4 is 24.5 Å². The van der Waals surface area contributed by atoms with Crippen LogP contribution in [0.2, 0.25) is 38.8 Å². The first-order valence-electron chi connectivity index (χ1n) is 5.72. The van der Waals surface area contributed by atoms with Crippen molar-refractivity contribution < 1.29 is 17.9 Å². The molecule has 0 radical (unpaired) electrons. The summed E-state index contributed by atoms with van der Waals surface area (Å²) in [6.45, 7) is 11.6. The molecule has 1 N–H and O–H groups in total. The van der Waals surface area contributed by atoms with Crippen LogP contribution in [0.25, 0.3) is 0 Å².